The molecule has 326 valence electrons. The summed E-state index contributed by atoms with van der Waals surface area (Å²) in [7, 11) is 1.23. The minimum Gasteiger partial charge on any atom is -0.467 e. The Kier molecular flexibility index (Phi) is 19.5. The van der Waals surface area contributed by atoms with Crippen LogP contribution in [0.15, 0.2) is 133 Å². The molecule has 12 heteroatoms. The van der Waals surface area contributed by atoms with E-state index in [1.807, 2.05) is 133 Å². The van der Waals surface area contributed by atoms with Gasteiger partial charge in [-0.1, -0.05) is 145 Å². The number of rotatable bonds is 22. The van der Waals surface area contributed by atoms with Gasteiger partial charge in [-0.25, -0.2) is 9.59 Å². The molecular weight excluding hydrogens is 795 g/mol. The molecular formula is C49H59NO10S. The molecule has 1 saturated heterocycles. The Morgan fingerprint density at radius 2 is 1.15 bits per heavy atom. The van der Waals surface area contributed by atoms with E-state index in [0.717, 1.165) is 34.0 Å². The number of allylic oxidation sites excluding steroid dienone is 1. The number of alkyl carbamates (subject to hydrolysis) is 1. The Labute approximate surface area is 364 Å². The van der Waals surface area contributed by atoms with Gasteiger partial charge in [-0.05, 0) is 55.9 Å². The number of methoxy groups -OCH3 is 1. The predicted octanol–water partition coefficient (Wildman–Crippen LogP) is 8.78. The summed E-state index contributed by atoms with van der Waals surface area (Å²) in [5, 5.41) is 2.37. The second kappa shape index (κ2) is 25.2. The maximum atomic E-state index is 12.9. The first kappa shape index (κ1) is 47.2. The van der Waals surface area contributed by atoms with Crippen LogP contribution in [-0.2, 0) is 69.2 Å². The van der Waals surface area contributed by atoms with Crippen molar-refractivity contribution in [2.45, 2.75) is 109 Å². The maximum Gasteiger partial charge on any atom is 0.408 e. The van der Waals surface area contributed by atoms with Crippen LogP contribution < -0.4 is 5.32 Å². The van der Waals surface area contributed by atoms with Gasteiger partial charge in [0.15, 0.2) is 5.12 Å². The van der Waals surface area contributed by atoms with E-state index in [0.29, 0.717) is 39.3 Å². The normalized spacial score (nSPS) is 19.6. The number of thioether (sulfide) groups is 1. The summed E-state index contributed by atoms with van der Waals surface area (Å²) in [6.45, 7) is 6.85. The molecule has 4 aromatic rings. The molecule has 1 heterocycles. The van der Waals surface area contributed by atoms with Crippen LogP contribution in [0.3, 0.4) is 0 Å². The predicted molar refractivity (Wildman–Crippen MR) is 235 cm³/mol. The quantitative estimate of drug-likeness (QED) is 0.0602. The van der Waals surface area contributed by atoms with Crippen LogP contribution in [0.25, 0.3) is 0 Å². The standard InChI is InChI=1S/C49H59NO10S/c1-49(2,3)60-48(53)50-40(47(52)54-4)35-61-43(51)29-19-9-18-28-41-44(56-31-37-22-12-6-13-23-37)46(58-33-39-26-16-8-17-27-39)45(57-32-38-24-14-7-15-25-38)42(59-41)34-55-30-36-20-10-5-11-21-36/h5-18,20-27,40-42,44-46H,19,28-35H2,1-4H3,(H,50,53)/b18-9+/t40-,41+,42+,44-,45+,46+/m0/s1. The lowest BCUT2D eigenvalue weighted by molar-refractivity contribution is -0.271. The Bertz CT molecular complexity index is 1910. The van der Waals surface area contributed by atoms with Gasteiger partial charge in [-0.3, -0.25) is 4.79 Å². The van der Waals surface area contributed by atoms with Crippen molar-refractivity contribution in [2.24, 2.45) is 0 Å². The van der Waals surface area contributed by atoms with E-state index in [9.17, 15) is 14.4 Å². The molecule has 0 spiro atoms. The van der Waals surface area contributed by atoms with Crippen LogP contribution >= 0.6 is 11.8 Å². The minimum absolute atomic E-state index is 0.0103. The zero-order valence-electron chi connectivity index (χ0n) is 35.5. The number of benzene rings is 4. The van der Waals surface area contributed by atoms with E-state index < -0.39 is 54.2 Å². The van der Waals surface area contributed by atoms with Crippen LogP contribution in [0.2, 0.25) is 0 Å². The zero-order chi connectivity index (χ0) is 43.3. The van der Waals surface area contributed by atoms with Crippen molar-refractivity contribution in [3.05, 3.63) is 156 Å². The van der Waals surface area contributed by atoms with E-state index >= 15 is 0 Å². The Morgan fingerprint density at radius 3 is 1.64 bits per heavy atom. The Hall–Kier alpha value is -4.82. The molecule has 61 heavy (non-hydrogen) atoms. The van der Waals surface area contributed by atoms with Gasteiger partial charge in [-0.15, -0.1) is 0 Å². The van der Waals surface area contributed by atoms with Gasteiger partial charge in [0.25, 0.3) is 0 Å². The average Bonchev–Trinajstić information content (AvgIpc) is 3.26. The molecule has 4 aromatic carbocycles. The van der Waals surface area contributed by atoms with E-state index in [1.54, 1.807) is 20.8 Å². The lowest BCUT2D eigenvalue weighted by Gasteiger charge is -2.46. The molecule has 11 nitrogen and oxygen atoms in total. The largest absolute Gasteiger partial charge is 0.467 e. The molecule has 1 aliphatic rings. The van der Waals surface area contributed by atoms with Crippen LogP contribution in [0.5, 0.6) is 0 Å². The van der Waals surface area contributed by atoms with Crippen LogP contribution in [0, 0.1) is 0 Å². The first-order chi connectivity index (χ1) is 29.6. The maximum absolute atomic E-state index is 12.9. The van der Waals surface area contributed by atoms with E-state index in [4.69, 9.17) is 33.2 Å². The third-order valence-corrected chi connectivity index (χ3v) is 10.6. The summed E-state index contributed by atoms with van der Waals surface area (Å²) >= 11 is 0.960. The van der Waals surface area contributed by atoms with Crippen molar-refractivity contribution in [1.82, 2.24) is 5.32 Å². The molecule has 0 saturated carbocycles. The highest BCUT2D eigenvalue weighted by molar-refractivity contribution is 8.13. The van der Waals surface area contributed by atoms with Crippen LogP contribution in [-0.4, -0.2) is 78.8 Å². The summed E-state index contributed by atoms with van der Waals surface area (Å²) in [4.78, 5) is 37.6. The number of nitrogens with one attached hydrogen (secondary N) is 1. The van der Waals surface area contributed by atoms with Gasteiger partial charge in [0.1, 0.15) is 36.1 Å². The highest BCUT2D eigenvalue weighted by atomic mass is 32.2. The molecule has 1 N–H and O–H groups in total. The monoisotopic (exact) mass is 853 g/mol. The number of ether oxygens (including phenoxy) is 7. The topological polar surface area (TPSA) is 128 Å². The van der Waals surface area contributed by atoms with Gasteiger partial charge in [0.05, 0.1) is 46.2 Å². The fourth-order valence-electron chi connectivity index (χ4n) is 6.63. The summed E-state index contributed by atoms with van der Waals surface area (Å²) in [5.41, 5.74) is 3.36. The van der Waals surface area contributed by atoms with Crippen molar-refractivity contribution >= 4 is 28.9 Å². The third-order valence-electron chi connectivity index (χ3n) is 9.62. The number of carbonyl (C=O) groups is 3. The molecule has 0 bridgehead atoms. The van der Waals surface area contributed by atoms with Crippen molar-refractivity contribution in [2.75, 3.05) is 19.5 Å². The molecule has 5 rings (SSSR count). The van der Waals surface area contributed by atoms with Crippen LogP contribution in [0.4, 0.5) is 4.79 Å². The van der Waals surface area contributed by atoms with Crippen LogP contribution in [0.1, 0.15) is 62.3 Å². The smallest absolute Gasteiger partial charge is 0.408 e. The fraction of sp³-hybridized carbons (Fsp3) is 0.408. The van der Waals surface area contributed by atoms with Crippen molar-refractivity contribution < 1.29 is 47.5 Å². The highest BCUT2D eigenvalue weighted by Gasteiger charge is 2.48. The average molecular weight is 854 g/mol. The van der Waals surface area contributed by atoms with Crippen molar-refractivity contribution in [3.8, 4) is 0 Å². The van der Waals surface area contributed by atoms with E-state index in [1.165, 1.54) is 7.11 Å². The number of carbonyl (C=O) groups excluding carboxylic acids is 3. The molecule has 6 atom stereocenters. The SMILES string of the molecule is COC(=O)[C@H](CSC(=O)CC/C=C/C[C@H]1O[C@H](COCc2ccccc2)[C@@H](OCc2ccccc2)[C@H](OCc2ccccc2)[C@H]1OCc1ccccc1)NC(=O)OC(C)(C)C. The first-order valence-corrected chi connectivity index (χ1v) is 21.7. The van der Waals surface area contributed by atoms with E-state index in [-0.39, 0.29) is 23.9 Å². The lowest BCUT2D eigenvalue weighted by Crippen LogP contribution is -2.61. The van der Waals surface area contributed by atoms with Crippen molar-refractivity contribution in [1.29, 1.82) is 0 Å². The molecule has 0 unspecified atom stereocenters. The van der Waals surface area contributed by atoms with E-state index in [2.05, 4.69) is 5.32 Å². The van der Waals surface area contributed by atoms with Gasteiger partial charge < -0.3 is 38.5 Å². The second-order valence-electron chi connectivity index (χ2n) is 15.6. The Balaban J connectivity index is 1.32. The molecule has 1 aliphatic heterocycles. The third kappa shape index (κ3) is 16.9. The zero-order valence-corrected chi connectivity index (χ0v) is 36.3. The molecule has 0 aromatic heterocycles. The number of amides is 1. The van der Waals surface area contributed by atoms with Gasteiger partial charge >= 0.3 is 12.1 Å². The fourth-order valence-corrected chi connectivity index (χ4v) is 7.47. The van der Waals surface area contributed by atoms with Crippen molar-refractivity contribution in [3.63, 3.8) is 0 Å². The number of hydrogen-bond acceptors (Lipinski definition) is 11. The molecule has 1 amide bonds. The molecule has 0 aliphatic carbocycles. The summed E-state index contributed by atoms with van der Waals surface area (Å²) in [6.07, 6.45) is 1.75. The minimum atomic E-state index is -1.04. The van der Waals surface area contributed by atoms with Gasteiger partial charge in [-0.2, -0.15) is 0 Å². The first-order valence-electron chi connectivity index (χ1n) is 20.7. The summed E-state index contributed by atoms with van der Waals surface area (Å²) in [5.74, 6) is -0.652. The van der Waals surface area contributed by atoms with Gasteiger partial charge in [0.2, 0.25) is 0 Å². The van der Waals surface area contributed by atoms with Gasteiger partial charge in [0, 0.05) is 12.2 Å². The summed E-state index contributed by atoms with van der Waals surface area (Å²) in [6, 6.07) is 39.0. The number of hydrogen-bond donors (Lipinski definition) is 1. The molecule has 1 fully saturated rings. The highest BCUT2D eigenvalue weighted by Crippen LogP contribution is 2.33. The second-order valence-corrected chi connectivity index (χ2v) is 16.7. The summed E-state index contributed by atoms with van der Waals surface area (Å²) < 4.78 is 43.8. The number of esters is 1. The lowest BCUT2D eigenvalue weighted by atomic mass is 9.92. The Morgan fingerprint density at radius 1 is 0.672 bits per heavy atom. The molecule has 0 radical (unpaired) electrons.